The molecule has 1 aliphatic heterocycles. The first-order valence-electron chi connectivity index (χ1n) is 5.16. The molecule has 0 radical (unpaired) electrons. The third kappa shape index (κ3) is 2.10. The topological polar surface area (TPSA) is 21.1 Å². The molecule has 0 bridgehead atoms. The van der Waals surface area contributed by atoms with Gasteiger partial charge in [0.15, 0.2) is 0 Å². The molecule has 1 saturated heterocycles. The Kier molecular flexibility index (Phi) is 3.08. The molecule has 2 rings (SSSR count). The fourth-order valence-electron chi connectivity index (χ4n) is 1.89. The molecule has 78 valence electrons. The molecular formula is C10H16ClN3. The van der Waals surface area contributed by atoms with Gasteiger partial charge in [-0.05, 0) is 25.9 Å². The summed E-state index contributed by atoms with van der Waals surface area (Å²) in [5.41, 5.74) is 0. The summed E-state index contributed by atoms with van der Waals surface area (Å²) >= 11 is 5.93. The Bertz CT molecular complexity index is 302. The largest absolute Gasteiger partial charge is 0.321 e. The average molecular weight is 214 g/mol. The smallest absolute Gasteiger partial charge is 0.128 e. The Morgan fingerprint density at radius 3 is 2.64 bits per heavy atom. The van der Waals surface area contributed by atoms with Crippen molar-refractivity contribution in [3.8, 4) is 0 Å². The third-order valence-corrected chi connectivity index (χ3v) is 3.19. The number of nitrogens with zero attached hydrogens (tertiary/aromatic N) is 3. The van der Waals surface area contributed by atoms with Crippen LogP contribution < -0.4 is 0 Å². The summed E-state index contributed by atoms with van der Waals surface area (Å²) < 4.78 is 1.95. The van der Waals surface area contributed by atoms with Crippen molar-refractivity contribution in [2.75, 3.05) is 13.1 Å². The number of imidazole rings is 1. The van der Waals surface area contributed by atoms with E-state index in [1.165, 1.54) is 32.4 Å². The molecule has 1 aliphatic rings. The second-order valence-electron chi connectivity index (χ2n) is 3.89. The van der Waals surface area contributed by atoms with Crippen molar-refractivity contribution in [3.63, 3.8) is 0 Å². The van der Waals surface area contributed by atoms with E-state index in [1.54, 1.807) is 6.20 Å². The maximum Gasteiger partial charge on any atom is 0.128 e. The molecule has 0 atom stereocenters. The zero-order valence-electron chi connectivity index (χ0n) is 8.54. The van der Waals surface area contributed by atoms with Crippen LogP contribution in [0.4, 0.5) is 0 Å². The van der Waals surface area contributed by atoms with E-state index in [1.807, 2.05) is 11.6 Å². The normalized spacial score (nSPS) is 18.7. The molecule has 1 fully saturated rings. The minimum atomic E-state index is 0.719. The summed E-state index contributed by atoms with van der Waals surface area (Å²) in [6.07, 6.45) is 5.73. The summed E-state index contributed by atoms with van der Waals surface area (Å²) in [6.45, 7) is 3.33. The Hall–Kier alpha value is -0.540. The lowest BCUT2D eigenvalue weighted by atomic mass is 10.1. The van der Waals surface area contributed by atoms with E-state index < -0.39 is 0 Å². The van der Waals surface area contributed by atoms with E-state index in [0.717, 1.165) is 17.5 Å². The molecule has 0 N–H and O–H groups in total. The van der Waals surface area contributed by atoms with Crippen LogP contribution in [0.25, 0.3) is 0 Å². The van der Waals surface area contributed by atoms with Crippen LogP contribution >= 0.6 is 11.6 Å². The molecule has 1 aromatic heterocycles. The zero-order valence-corrected chi connectivity index (χ0v) is 9.30. The van der Waals surface area contributed by atoms with Crippen LogP contribution in [0.1, 0.15) is 25.1 Å². The van der Waals surface area contributed by atoms with E-state index in [-0.39, 0.29) is 0 Å². The second-order valence-corrected chi connectivity index (χ2v) is 4.28. The van der Waals surface area contributed by atoms with Crippen molar-refractivity contribution >= 4 is 11.6 Å². The molecule has 4 heteroatoms. The van der Waals surface area contributed by atoms with Gasteiger partial charge in [-0.25, -0.2) is 4.98 Å². The van der Waals surface area contributed by atoms with E-state index in [9.17, 15) is 0 Å². The number of piperidine rings is 1. The first-order valence-corrected chi connectivity index (χ1v) is 5.53. The lowest BCUT2D eigenvalue weighted by Gasteiger charge is -2.25. The number of rotatable bonds is 2. The van der Waals surface area contributed by atoms with Crippen LogP contribution in [0.3, 0.4) is 0 Å². The van der Waals surface area contributed by atoms with Gasteiger partial charge >= 0.3 is 0 Å². The standard InChI is InChI=1S/C10H16ClN3/c1-13-9(11)7-12-10(13)8-14-5-3-2-4-6-14/h7H,2-6,8H2,1H3. The summed E-state index contributed by atoms with van der Waals surface area (Å²) in [4.78, 5) is 6.75. The molecule has 14 heavy (non-hydrogen) atoms. The van der Waals surface area contributed by atoms with Crippen molar-refractivity contribution in [3.05, 3.63) is 17.2 Å². The number of aromatic nitrogens is 2. The molecular weight excluding hydrogens is 198 g/mol. The zero-order chi connectivity index (χ0) is 9.97. The molecule has 0 saturated carbocycles. The summed E-state index contributed by atoms with van der Waals surface area (Å²) in [5, 5.41) is 0.719. The van der Waals surface area contributed by atoms with E-state index in [4.69, 9.17) is 11.6 Å². The van der Waals surface area contributed by atoms with Gasteiger partial charge < -0.3 is 4.57 Å². The minimum Gasteiger partial charge on any atom is -0.321 e. The van der Waals surface area contributed by atoms with Gasteiger partial charge in [-0.3, -0.25) is 4.90 Å². The van der Waals surface area contributed by atoms with Crippen molar-refractivity contribution in [1.82, 2.24) is 14.5 Å². The van der Waals surface area contributed by atoms with Crippen LogP contribution in [-0.4, -0.2) is 27.5 Å². The van der Waals surface area contributed by atoms with Crippen LogP contribution in [0.5, 0.6) is 0 Å². The summed E-state index contributed by atoms with van der Waals surface area (Å²) in [5.74, 6) is 1.07. The van der Waals surface area contributed by atoms with E-state index >= 15 is 0 Å². The first-order chi connectivity index (χ1) is 6.77. The van der Waals surface area contributed by atoms with Crippen molar-refractivity contribution in [1.29, 1.82) is 0 Å². The van der Waals surface area contributed by atoms with Gasteiger partial charge in [-0.1, -0.05) is 18.0 Å². The summed E-state index contributed by atoms with van der Waals surface area (Å²) in [6, 6.07) is 0. The van der Waals surface area contributed by atoms with Crippen LogP contribution in [0, 0.1) is 0 Å². The lowest BCUT2D eigenvalue weighted by Crippen LogP contribution is -2.30. The highest BCUT2D eigenvalue weighted by molar-refractivity contribution is 6.29. The number of likely N-dealkylation sites (tertiary alicyclic amines) is 1. The number of hydrogen-bond acceptors (Lipinski definition) is 2. The maximum atomic E-state index is 5.93. The van der Waals surface area contributed by atoms with E-state index in [0.29, 0.717) is 0 Å². The molecule has 0 unspecified atom stereocenters. The molecule has 0 amide bonds. The van der Waals surface area contributed by atoms with Crippen LogP contribution in [0.2, 0.25) is 5.15 Å². The van der Waals surface area contributed by atoms with Crippen molar-refractivity contribution < 1.29 is 0 Å². The monoisotopic (exact) mass is 213 g/mol. The fourth-order valence-corrected chi connectivity index (χ4v) is 2.04. The molecule has 2 heterocycles. The highest BCUT2D eigenvalue weighted by Crippen LogP contribution is 2.14. The second kappa shape index (κ2) is 4.32. The fraction of sp³-hybridized carbons (Fsp3) is 0.700. The Morgan fingerprint density at radius 2 is 2.07 bits per heavy atom. The van der Waals surface area contributed by atoms with Gasteiger partial charge in [0.2, 0.25) is 0 Å². The minimum absolute atomic E-state index is 0.719. The predicted molar refractivity (Wildman–Crippen MR) is 57.3 cm³/mol. The van der Waals surface area contributed by atoms with Gasteiger partial charge in [0.05, 0.1) is 12.7 Å². The molecule has 0 spiro atoms. The van der Waals surface area contributed by atoms with Gasteiger partial charge in [-0.2, -0.15) is 0 Å². The Balaban J connectivity index is 1.99. The molecule has 3 nitrogen and oxygen atoms in total. The highest BCUT2D eigenvalue weighted by atomic mass is 35.5. The van der Waals surface area contributed by atoms with Crippen molar-refractivity contribution in [2.24, 2.45) is 7.05 Å². The lowest BCUT2D eigenvalue weighted by molar-refractivity contribution is 0.214. The van der Waals surface area contributed by atoms with Crippen LogP contribution in [0.15, 0.2) is 6.20 Å². The number of halogens is 1. The third-order valence-electron chi connectivity index (χ3n) is 2.84. The molecule has 0 aromatic carbocycles. The van der Waals surface area contributed by atoms with Crippen LogP contribution in [-0.2, 0) is 13.6 Å². The Labute approximate surface area is 89.7 Å². The van der Waals surface area contributed by atoms with Gasteiger partial charge in [0.1, 0.15) is 11.0 Å². The van der Waals surface area contributed by atoms with Gasteiger partial charge in [0, 0.05) is 7.05 Å². The first kappa shape index (κ1) is 9.99. The number of hydrogen-bond donors (Lipinski definition) is 0. The maximum absolute atomic E-state index is 5.93. The Morgan fingerprint density at radius 1 is 1.36 bits per heavy atom. The summed E-state index contributed by atoms with van der Waals surface area (Å²) in [7, 11) is 1.97. The molecule has 1 aromatic rings. The van der Waals surface area contributed by atoms with Crippen molar-refractivity contribution in [2.45, 2.75) is 25.8 Å². The quantitative estimate of drug-likeness (QED) is 0.750. The molecule has 0 aliphatic carbocycles. The highest BCUT2D eigenvalue weighted by Gasteiger charge is 2.13. The van der Waals surface area contributed by atoms with Gasteiger partial charge in [-0.15, -0.1) is 0 Å². The SMILES string of the molecule is Cn1c(Cl)cnc1CN1CCCCC1. The van der Waals surface area contributed by atoms with E-state index in [2.05, 4.69) is 9.88 Å². The predicted octanol–water partition coefficient (Wildman–Crippen LogP) is 2.06. The van der Waals surface area contributed by atoms with Gasteiger partial charge in [0.25, 0.3) is 0 Å². The average Bonchev–Trinajstić information content (AvgIpc) is 2.52.